The van der Waals surface area contributed by atoms with Crippen molar-refractivity contribution in [2.24, 2.45) is 0 Å². The molecule has 3 rings (SSSR count). The number of likely N-dealkylation sites (N-methyl/N-ethyl adjacent to an activating group) is 1. The lowest BCUT2D eigenvalue weighted by atomic mass is 10.1. The fourth-order valence-corrected chi connectivity index (χ4v) is 3.36. The van der Waals surface area contributed by atoms with Crippen LogP contribution in [-0.2, 0) is 22.7 Å². The van der Waals surface area contributed by atoms with Crippen LogP contribution >= 0.6 is 11.3 Å². The van der Waals surface area contributed by atoms with Gasteiger partial charge in [0.2, 0.25) is 5.91 Å². The molecule has 0 aliphatic rings. The van der Waals surface area contributed by atoms with Gasteiger partial charge in [-0.3, -0.25) is 4.79 Å². The molecule has 0 aliphatic heterocycles. The highest BCUT2D eigenvalue weighted by molar-refractivity contribution is 7.12. The molecule has 0 spiro atoms. The monoisotopic (exact) mass is 400 g/mol. The predicted molar refractivity (Wildman–Crippen MR) is 107 cm³/mol. The largest absolute Gasteiger partial charge is 0.488 e. The summed E-state index contributed by atoms with van der Waals surface area (Å²) in [4.78, 5) is 18.7. The maximum Gasteiger partial charge on any atom is 0.248 e. The van der Waals surface area contributed by atoms with Crippen LogP contribution in [0.3, 0.4) is 0 Å². The Hall–Kier alpha value is -2.77. The quantitative estimate of drug-likeness (QED) is 0.570. The van der Waals surface area contributed by atoms with Crippen LogP contribution in [0.1, 0.15) is 9.88 Å². The van der Waals surface area contributed by atoms with E-state index in [1.54, 1.807) is 26.2 Å². The topological polar surface area (TPSA) is 51.7 Å². The van der Waals surface area contributed by atoms with Crippen LogP contribution in [0.4, 0.5) is 4.39 Å². The molecule has 3 aromatic rings. The maximum atomic E-state index is 13.3. The molecule has 0 fully saturated rings. The number of carbonyl (C=O) groups excluding carboxylic acids is 1. The molecule has 0 N–H and O–H groups in total. The van der Waals surface area contributed by atoms with Crippen molar-refractivity contribution in [3.63, 3.8) is 0 Å². The molecule has 0 saturated heterocycles. The summed E-state index contributed by atoms with van der Waals surface area (Å²) in [5.74, 6) is 0.352. The van der Waals surface area contributed by atoms with Crippen molar-refractivity contribution >= 4 is 17.2 Å². The molecule has 1 amide bonds. The summed E-state index contributed by atoms with van der Waals surface area (Å²) in [6.45, 7) is 0.559. The van der Waals surface area contributed by atoms with Gasteiger partial charge >= 0.3 is 0 Å². The van der Waals surface area contributed by atoms with E-state index in [0.717, 1.165) is 26.9 Å². The number of benzene rings is 2. The van der Waals surface area contributed by atoms with Crippen molar-refractivity contribution in [1.29, 1.82) is 0 Å². The second kappa shape index (κ2) is 9.43. The third kappa shape index (κ3) is 5.37. The Morgan fingerprint density at radius 3 is 2.46 bits per heavy atom. The van der Waals surface area contributed by atoms with Gasteiger partial charge in [-0.2, -0.15) is 0 Å². The summed E-state index contributed by atoms with van der Waals surface area (Å²) in [5, 5.41) is 0.734. The van der Waals surface area contributed by atoms with Gasteiger partial charge in [-0.15, -0.1) is 11.3 Å². The van der Waals surface area contributed by atoms with Crippen molar-refractivity contribution < 1.29 is 18.7 Å². The van der Waals surface area contributed by atoms with Crippen LogP contribution in [0, 0.1) is 5.82 Å². The van der Waals surface area contributed by atoms with Gasteiger partial charge in [0, 0.05) is 19.7 Å². The minimum Gasteiger partial charge on any atom is -0.488 e. The molecule has 0 aliphatic carbocycles. The van der Waals surface area contributed by atoms with Crippen LogP contribution in [0.15, 0.2) is 54.6 Å². The number of amides is 1. The lowest BCUT2D eigenvalue weighted by Crippen LogP contribution is -2.26. The van der Waals surface area contributed by atoms with E-state index in [9.17, 15) is 9.18 Å². The Balaban J connectivity index is 1.76. The average Bonchev–Trinajstić information content (AvgIpc) is 3.10. The van der Waals surface area contributed by atoms with E-state index in [4.69, 9.17) is 9.47 Å². The molecule has 2 aromatic carbocycles. The number of thiazole rings is 1. The number of hydrogen-bond donors (Lipinski definition) is 0. The third-order valence-corrected chi connectivity index (χ3v) is 4.92. The van der Waals surface area contributed by atoms with Gasteiger partial charge in [-0.25, -0.2) is 9.37 Å². The van der Waals surface area contributed by atoms with Gasteiger partial charge in [0.05, 0.1) is 17.2 Å². The van der Waals surface area contributed by atoms with Crippen molar-refractivity contribution in [3.05, 3.63) is 70.3 Å². The molecule has 1 heterocycles. The first-order valence-corrected chi connectivity index (χ1v) is 9.55. The van der Waals surface area contributed by atoms with Gasteiger partial charge in [0.15, 0.2) is 0 Å². The summed E-state index contributed by atoms with van der Waals surface area (Å²) in [6.07, 6.45) is 0. The Labute approximate surface area is 167 Å². The van der Waals surface area contributed by atoms with Crippen LogP contribution in [0.2, 0.25) is 0 Å². The molecular formula is C21H21FN2O3S. The summed E-state index contributed by atoms with van der Waals surface area (Å²) >= 11 is 1.46. The third-order valence-electron chi connectivity index (χ3n) is 3.92. The zero-order valence-corrected chi connectivity index (χ0v) is 16.5. The van der Waals surface area contributed by atoms with Gasteiger partial charge in [0.1, 0.15) is 29.8 Å². The Bertz CT molecular complexity index is 911. The number of nitrogens with zero attached hydrogens (tertiary/aromatic N) is 2. The normalized spacial score (nSPS) is 10.7. The number of aromatic nitrogens is 1. The zero-order valence-electron chi connectivity index (χ0n) is 15.7. The summed E-state index contributed by atoms with van der Waals surface area (Å²) in [7, 11) is 3.36. The van der Waals surface area contributed by atoms with Crippen molar-refractivity contribution in [2.45, 2.75) is 13.2 Å². The van der Waals surface area contributed by atoms with E-state index < -0.39 is 0 Å². The molecule has 0 unspecified atom stereocenters. The van der Waals surface area contributed by atoms with E-state index in [1.165, 1.54) is 28.4 Å². The molecule has 5 nitrogen and oxygen atoms in total. The van der Waals surface area contributed by atoms with Crippen LogP contribution < -0.4 is 4.74 Å². The van der Waals surface area contributed by atoms with E-state index in [1.807, 2.05) is 30.3 Å². The van der Waals surface area contributed by atoms with Crippen LogP contribution in [0.25, 0.3) is 11.3 Å². The predicted octanol–water partition coefficient (Wildman–Crippen LogP) is 4.13. The molecule has 0 atom stereocenters. The van der Waals surface area contributed by atoms with Crippen LogP contribution in [-0.4, -0.2) is 36.5 Å². The Morgan fingerprint density at radius 2 is 1.79 bits per heavy atom. The summed E-state index contributed by atoms with van der Waals surface area (Å²) in [6, 6.07) is 15.7. The number of hydrogen-bond acceptors (Lipinski definition) is 5. The summed E-state index contributed by atoms with van der Waals surface area (Å²) in [5.41, 5.74) is 1.54. The molecule has 146 valence electrons. The van der Waals surface area contributed by atoms with E-state index >= 15 is 0 Å². The van der Waals surface area contributed by atoms with E-state index in [0.29, 0.717) is 6.61 Å². The standard InChI is InChI=1S/C21H21FN2O3S/c1-24(2)20(25)14-26-13-19-23-21(15-8-10-16(22)11-9-15)18(28-19)12-27-17-6-4-3-5-7-17/h3-11H,12-14H2,1-2H3. The fraction of sp³-hybridized carbons (Fsp3) is 0.238. The first kappa shape index (κ1) is 20.0. The highest BCUT2D eigenvalue weighted by Gasteiger charge is 2.15. The second-order valence-electron chi connectivity index (χ2n) is 6.27. The minimum absolute atomic E-state index is 0.00564. The van der Waals surface area contributed by atoms with E-state index in [-0.39, 0.29) is 24.9 Å². The van der Waals surface area contributed by atoms with Gasteiger partial charge in [-0.05, 0) is 36.4 Å². The smallest absolute Gasteiger partial charge is 0.248 e. The molecule has 7 heteroatoms. The van der Waals surface area contributed by atoms with Crippen molar-refractivity contribution in [2.75, 3.05) is 20.7 Å². The molecular weight excluding hydrogens is 379 g/mol. The number of rotatable bonds is 8. The van der Waals surface area contributed by atoms with Crippen LogP contribution in [0.5, 0.6) is 5.75 Å². The number of ether oxygens (including phenoxy) is 2. The molecule has 0 radical (unpaired) electrons. The first-order chi connectivity index (χ1) is 13.5. The molecule has 0 bridgehead atoms. The Kier molecular flexibility index (Phi) is 6.73. The highest BCUT2D eigenvalue weighted by Crippen LogP contribution is 2.30. The maximum absolute atomic E-state index is 13.3. The van der Waals surface area contributed by atoms with Crippen molar-refractivity contribution in [3.8, 4) is 17.0 Å². The summed E-state index contributed by atoms with van der Waals surface area (Å²) < 4.78 is 24.6. The SMILES string of the molecule is CN(C)C(=O)COCc1nc(-c2ccc(F)cc2)c(COc2ccccc2)s1. The lowest BCUT2D eigenvalue weighted by Gasteiger charge is -2.09. The van der Waals surface area contributed by atoms with Gasteiger partial charge in [0.25, 0.3) is 0 Å². The van der Waals surface area contributed by atoms with Gasteiger partial charge < -0.3 is 14.4 Å². The average molecular weight is 400 g/mol. The highest BCUT2D eigenvalue weighted by atomic mass is 32.1. The molecule has 28 heavy (non-hydrogen) atoms. The fourth-order valence-electron chi connectivity index (χ4n) is 2.41. The molecule has 0 saturated carbocycles. The minimum atomic E-state index is -0.299. The lowest BCUT2D eigenvalue weighted by molar-refractivity contribution is -0.133. The number of halogens is 1. The molecule has 1 aromatic heterocycles. The number of para-hydroxylation sites is 1. The zero-order chi connectivity index (χ0) is 19.9. The van der Waals surface area contributed by atoms with E-state index in [2.05, 4.69) is 4.98 Å². The van der Waals surface area contributed by atoms with Crippen molar-refractivity contribution in [1.82, 2.24) is 9.88 Å². The Morgan fingerprint density at radius 1 is 1.07 bits per heavy atom. The number of carbonyl (C=O) groups is 1. The first-order valence-electron chi connectivity index (χ1n) is 8.73. The second-order valence-corrected chi connectivity index (χ2v) is 7.44. The van der Waals surface area contributed by atoms with Gasteiger partial charge in [-0.1, -0.05) is 18.2 Å².